The first-order chi connectivity index (χ1) is 20.7. The molecule has 44 heavy (non-hydrogen) atoms. The second-order valence-corrected chi connectivity index (χ2v) is 10.8. The molecule has 2 atom stereocenters. The van der Waals surface area contributed by atoms with Gasteiger partial charge in [-0.2, -0.15) is 18.3 Å². The number of hydrogen-bond acceptors (Lipinski definition) is 5. The Balaban J connectivity index is 0.000000493. The van der Waals surface area contributed by atoms with Crippen LogP contribution in [-0.4, -0.2) is 59.5 Å². The number of aliphatic carboxylic acids is 1. The molecule has 0 unspecified atom stereocenters. The Morgan fingerprint density at radius 3 is 2.41 bits per heavy atom. The summed E-state index contributed by atoms with van der Waals surface area (Å²) in [6.07, 6.45) is -0.964. The zero-order chi connectivity index (χ0) is 32.0. The summed E-state index contributed by atoms with van der Waals surface area (Å²) in [4.78, 5) is 23.6. The van der Waals surface area contributed by atoms with E-state index in [2.05, 4.69) is 15.5 Å². The molecule has 6 rings (SSSR count). The smallest absolute Gasteiger partial charge is 0.490 e. The van der Waals surface area contributed by atoms with Crippen LogP contribution in [-0.2, 0) is 21.5 Å². The van der Waals surface area contributed by atoms with E-state index in [1.165, 1.54) is 12.1 Å². The van der Waals surface area contributed by atoms with E-state index in [9.17, 15) is 26.7 Å². The van der Waals surface area contributed by atoms with Crippen molar-refractivity contribution in [3.63, 3.8) is 0 Å². The molecule has 1 aliphatic heterocycles. The average Bonchev–Trinajstić information content (AvgIpc) is 3.50. The summed E-state index contributed by atoms with van der Waals surface area (Å²) in [7, 11) is 5.15. The Labute approximate surface area is 248 Å². The monoisotopic (exact) mass is 614 g/mol. The lowest BCUT2D eigenvalue weighted by molar-refractivity contribution is -0.192. The van der Waals surface area contributed by atoms with Crippen molar-refractivity contribution in [1.29, 1.82) is 0 Å². The van der Waals surface area contributed by atoms with Crippen molar-refractivity contribution in [1.82, 2.24) is 15.1 Å². The van der Waals surface area contributed by atoms with Crippen LogP contribution in [0, 0.1) is 11.6 Å². The van der Waals surface area contributed by atoms with Crippen molar-refractivity contribution >= 4 is 40.6 Å². The molecule has 4 aromatic rings. The van der Waals surface area contributed by atoms with Gasteiger partial charge in [-0.25, -0.2) is 13.6 Å². The highest BCUT2D eigenvalue weighted by Gasteiger charge is 2.65. The number of aromatic nitrogens is 2. The molecule has 1 spiro atoms. The number of anilines is 1. The Kier molecular flexibility index (Phi) is 7.93. The summed E-state index contributed by atoms with van der Waals surface area (Å²) in [5.41, 5.74) is 4.27. The number of carboxylic acids is 1. The lowest BCUT2D eigenvalue weighted by Gasteiger charge is -2.12. The number of carbonyl (C=O) groups excluding carboxylic acids is 1. The fourth-order valence-electron chi connectivity index (χ4n) is 5.46. The largest absolute Gasteiger partial charge is 0.497 e. The first kappa shape index (κ1) is 30.7. The van der Waals surface area contributed by atoms with Crippen molar-refractivity contribution in [2.24, 2.45) is 0 Å². The van der Waals surface area contributed by atoms with Gasteiger partial charge in [0.2, 0.25) is 5.91 Å². The van der Waals surface area contributed by atoms with Gasteiger partial charge in [-0.1, -0.05) is 18.2 Å². The maximum atomic E-state index is 14.4. The van der Waals surface area contributed by atoms with Crippen molar-refractivity contribution in [2.45, 2.75) is 30.5 Å². The highest BCUT2D eigenvalue weighted by Crippen LogP contribution is 2.65. The predicted octanol–water partition coefficient (Wildman–Crippen LogP) is 6.09. The number of H-pyrrole nitrogens is 1. The molecule has 1 fully saturated rings. The number of carbonyl (C=O) groups is 2. The van der Waals surface area contributed by atoms with E-state index in [1.54, 1.807) is 38.3 Å². The highest BCUT2D eigenvalue weighted by molar-refractivity contribution is 6.10. The summed E-state index contributed by atoms with van der Waals surface area (Å²) >= 11 is 0. The van der Waals surface area contributed by atoms with Crippen molar-refractivity contribution in [2.75, 3.05) is 26.5 Å². The second-order valence-electron chi connectivity index (χ2n) is 10.8. The number of nitrogens with one attached hydrogen (secondary N) is 2. The molecule has 3 N–H and O–H groups in total. The van der Waals surface area contributed by atoms with Crippen LogP contribution < -0.4 is 10.1 Å². The molecule has 1 amide bonds. The molecule has 8 nitrogen and oxygen atoms in total. The summed E-state index contributed by atoms with van der Waals surface area (Å²) in [5.74, 6) is -3.10. The van der Waals surface area contributed by atoms with Gasteiger partial charge in [0, 0.05) is 29.1 Å². The van der Waals surface area contributed by atoms with E-state index in [1.807, 2.05) is 36.4 Å². The Bertz CT molecular complexity index is 1780. The van der Waals surface area contributed by atoms with Crippen LogP contribution in [0.2, 0.25) is 0 Å². The van der Waals surface area contributed by atoms with E-state index < -0.39 is 29.2 Å². The lowest BCUT2D eigenvalue weighted by Crippen LogP contribution is -2.21. The molecule has 0 saturated heterocycles. The highest BCUT2D eigenvalue weighted by atomic mass is 19.4. The molecule has 1 saturated carbocycles. The van der Waals surface area contributed by atoms with Crippen LogP contribution in [0.25, 0.3) is 23.1 Å². The number of alkyl halides is 3. The van der Waals surface area contributed by atoms with E-state index in [0.29, 0.717) is 11.3 Å². The first-order valence-corrected chi connectivity index (χ1v) is 13.3. The zero-order valence-electron chi connectivity index (χ0n) is 23.7. The van der Waals surface area contributed by atoms with Crippen molar-refractivity contribution in [3.8, 4) is 5.75 Å². The fraction of sp³-hybridized carbons (Fsp3) is 0.258. The van der Waals surface area contributed by atoms with Crippen LogP contribution in [0.1, 0.15) is 40.3 Å². The van der Waals surface area contributed by atoms with Gasteiger partial charge in [-0.05, 0) is 79.7 Å². The van der Waals surface area contributed by atoms with Gasteiger partial charge in [-0.15, -0.1) is 0 Å². The Morgan fingerprint density at radius 1 is 1.11 bits per heavy atom. The molecule has 0 bridgehead atoms. The third-order valence-electron chi connectivity index (χ3n) is 7.65. The molecule has 0 radical (unpaired) electrons. The fourth-order valence-corrected chi connectivity index (χ4v) is 5.46. The zero-order valence-corrected chi connectivity index (χ0v) is 23.7. The predicted molar refractivity (Wildman–Crippen MR) is 153 cm³/mol. The summed E-state index contributed by atoms with van der Waals surface area (Å²) in [5, 5.41) is 18.5. The molecule has 13 heteroatoms. The van der Waals surface area contributed by atoms with Gasteiger partial charge in [0.15, 0.2) is 0 Å². The van der Waals surface area contributed by atoms with Crippen molar-refractivity contribution in [3.05, 3.63) is 88.1 Å². The Morgan fingerprint density at radius 2 is 1.80 bits per heavy atom. The standard InChI is InChI=1S/C29H26F2N4O2.C2HF3O2/c1-35(2)15-20-23(30)10-16(11-24(20)31)4-8-25-19-7-5-17(12-27(19)34-33-25)22-14-29(22)21-13-18(37-3)6-9-26(21)32-28(29)36;3-2(4,5)1(6)7/h4-13,22H,14-15H2,1-3H3,(H,32,36)(H,33,34);(H,6,7)/t22-,29-;/m0./s1. The first-order valence-electron chi connectivity index (χ1n) is 13.3. The number of fused-ring (bicyclic) bond motifs is 3. The number of benzene rings is 3. The number of carboxylic acid groups (broad SMARTS) is 1. The molecule has 1 aromatic heterocycles. The van der Waals surface area contributed by atoms with E-state index in [0.717, 1.165) is 39.9 Å². The number of halogens is 5. The van der Waals surface area contributed by atoms with E-state index in [4.69, 9.17) is 14.6 Å². The third-order valence-corrected chi connectivity index (χ3v) is 7.65. The van der Waals surface area contributed by atoms with E-state index in [-0.39, 0.29) is 23.9 Å². The number of rotatable bonds is 6. The minimum absolute atomic E-state index is 0.0187. The van der Waals surface area contributed by atoms with Crippen LogP contribution in [0.4, 0.5) is 27.6 Å². The van der Waals surface area contributed by atoms with E-state index >= 15 is 0 Å². The van der Waals surface area contributed by atoms with Gasteiger partial charge in [-0.3, -0.25) is 9.89 Å². The van der Waals surface area contributed by atoms with Crippen LogP contribution in [0.3, 0.4) is 0 Å². The molecule has 2 aliphatic rings. The third kappa shape index (κ3) is 5.74. The quantitative estimate of drug-likeness (QED) is 0.227. The molecular weight excluding hydrogens is 587 g/mol. The van der Waals surface area contributed by atoms with Crippen LogP contribution >= 0.6 is 0 Å². The summed E-state index contributed by atoms with van der Waals surface area (Å²) in [6, 6.07) is 14.4. The van der Waals surface area contributed by atoms with Crippen LogP contribution in [0.5, 0.6) is 5.75 Å². The van der Waals surface area contributed by atoms with Gasteiger partial charge >= 0.3 is 12.1 Å². The molecular formula is C31H27F5N4O4. The number of ether oxygens (including phenoxy) is 1. The molecule has 2 heterocycles. The normalized spacial score (nSPS) is 18.8. The Hall–Kier alpha value is -4.78. The number of methoxy groups -OCH3 is 1. The van der Waals surface area contributed by atoms with Gasteiger partial charge in [0.1, 0.15) is 17.4 Å². The van der Waals surface area contributed by atoms with Gasteiger partial charge in [0.05, 0.1) is 23.7 Å². The summed E-state index contributed by atoms with van der Waals surface area (Å²) < 4.78 is 66.0. The lowest BCUT2D eigenvalue weighted by atomic mass is 9.91. The maximum Gasteiger partial charge on any atom is 0.490 e. The van der Waals surface area contributed by atoms with Crippen LogP contribution in [0.15, 0.2) is 48.5 Å². The summed E-state index contributed by atoms with van der Waals surface area (Å²) in [6.45, 7) is 0.192. The number of hydrogen-bond donors (Lipinski definition) is 3. The molecule has 230 valence electrons. The maximum absolute atomic E-state index is 14.4. The van der Waals surface area contributed by atoms with Gasteiger partial charge < -0.3 is 20.1 Å². The molecule has 3 aromatic carbocycles. The van der Waals surface area contributed by atoms with Gasteiger partial charge in [0.25, 0.3) is 0 Å². The minimum Gasteiger partial charge on any atom is -0.497 e. The SMILES string of the molecule is COc1ccc2c(c1)[C@]1(C[C@H]1c1ccc3c(C=Cc4cc(F)c(CN(C)C)c(F)c4)n[nH]c3c1)C(=O)N2.O=C(O)C(F)(F)F. The van der Waals surface area contributed by atoms with Crippen molar-refractivity contribution < 1.29 is 41.4 Å². The topological polar surface area (TPSA) is 108 Å². The second kappa shape index (κ2) is 11.4. The number of amides is 1. The minimum atomic E-state index is -5.08. The molecule has 1 aliphatic carbocycles. The number of nitrogens with zero attached hydrogens (tertiary/aromatic N) is 2. The average molecular weight is 615 g/mol. The number of aromatic amines is 1.